The van der Waals surface area contributed by atoms with Crippen molar-refractivity contribution in [3.8, 4) is 0 Å². The molecule has 1 fully saturated rings. The minimum atomic E-state index is -0.646. The Kier molecular flexibility index (Phi) is 7.00. The van der Waals surface area contributed by atoms with Crippen LogP contribution in [0.2, 0.25) is 0 Å². The van der Waals surface area contributed by atoms with Gasteiger partial charge in [-0.05, 0) is 68.4 Å². The van der Waals surface area contributed by atoms with Crippen LogP contribution in [0.3, 0.4) is 0 Å². The number of piperidine rings is 1. The first-order valence-electron chi connectivity index (χ1n) is 12.5. The molecular weight excluding hydrogens is 455 g/mol. The van der Waals surface area contributed by atoms with Gasteiger partial charge < -0.3 is 20.5 Å². The molecule has 4 aromatic rings. The topological polar surface area (TPSA) is 77.2 Å². The molecule has 1 atom stereocenters. The average molecular weight is 487 g/mol. The van der Waals surface area contributed by atoms with E-state index in [9.17, 15) is 14.0 Å². The minimum Gasteiger partial charge on any atom is -0.355 e. The second-order valence-corrected chi connectivity index (χ2v) is 9.72. The number of fused-ring (bicyclic) bond motifs is 3. The average Bonchev–Trinajstić information content (AvgIpc) is 3.26. The Morgan fingerprint density at radius 2 is 1.72 bits per heavy atom. The van der Waals surface area contributed by atoms with Crippen LogP contribution in [0.5, 0.6) is 0 Å². The Morgan fingerprint density at radius 3 is 2.50 bits per heavy atom. The van der Waals surface area contributed by atoms with Crippen molar-refractivity contribution in [1.82, 2.24) is 20.5 Å². The quantitative estimate of drug-likeness (QED) is 0.361. The molecule has 5 rings (SSSR count). The molecule has 2 amide bonds. The largest absolute Gasteiger partial charge is 0.355 e. The van der Waals surface area contributed by atoms with E-state index in [0.29, 0.717) is 0 Å². The van der Waals surface area contributed by atoms with E-state index in [0.717, 1.165) is 58.9 Å². The van der Waals surface area contributed by atoms with Crippen LogP contribution < -0.4 is 10.6 Å². The van der Waals surface area contributed by atoms with E-state index in [4.69, 9.17) is 0 Å². The molecule has 2 heterocycles. The fourth-order valence-corrected chi connectivity index (χ4v) is 4.99. The van der Waals surface area contributed by atoms with Crippen molar-refractivity contribution < 1.29 is 14.0 Å². The number of amides is 2. The van der Waals surface area contributed by atoms with Crippen LogP contribution in [-0.2, 0) is 16.1 Å². The van der Waals surface area contributed by atoms with E-state index < -0.39 is 5.92 Å². The standard InChI is InChI=1S/C29H31FN4O2/c1-34-14-12-22(13-15-34)32-28(35)17-25(29(36)31-18-19-6-9-21(30)10-7-19)20-8-11-24-23-4-2-3-5-26(23)33-27(24)16-20/h2-11,16,22,25,33H,12-15,17-18H2,1H3,(H,31,36)(H,32,35). The molecule has 7 heteroatoms. The molecule has 6 nitrogen and oxygen atoms in total. The fraction of sp³-hybridized carbons (Fsp3) is 0.310. The number of benzene rings is 3. The molecule has 1 aliphatic rings. The van der Waals surface area contributed by atoms with Gasteiger partial charge in [-0.1, -0.05) is 42.5 Å². The van der Waals surface area contributed by atoms with Gasteiger partial charge in [-0.2, -0.15) is 0 Å². The van der Waals surface area contributed by atoms with E-state index in [1.54, 1.807) is 12.1 Å². The lowest BCUT2D eigenvalue weighted by Gasteiger charge is -2.30. The van der Waals surface area contributed by atoms with E-state index in [2.05, 4.69) is 33.6 Å². The third kappa shape index (κ3) is 5.41. The normalized spacial score (nSPS) is 15.7. The molecule has 1 unspecified atom stereocenters. The molecule has 36 heavy (non-hydrogen) atoms. The van der Waals surface area contributed by atoms with E-state index in [-0.39, 0.29) is 36.6 Å². The first-order valence-corrected chi connectivity index (χ1v) is 12.5. The van der Waals surface area contributed by atoms with Gasteiger partial charge in [0, 0.05) is 40.8 Å². The van der Waals surface area contributed by atoms with Crippen LogP contribution in [0, 0.1) is 5.82 Å². The maximum Gasteiger partial charge on any atom is 0.228 e. The van der Waals surface area contributed by atoms with Gasteiger partial charge in [0.25, 0.3) is 0 Å². The Balaban J connectivity index is 1.37. The molecule has 1 saturated heterocycles. The second-order valence-electron chi connectivity index (χ2n) is 9.72. The van der Waals surface area contributed by atoms with Gasteiger partial charge in [-0.15, -0.1) is 0 Å². The number of hydrogen-bond donors (Lipinski definition) is 3. The van der Waals surface area contributed by atoms with Gasteiger partial charge in [0.2, 0.25) is 11.8 Å². The second kappa shape index (κ2) is 10.5. The van der Waals surface area contributed by atoms with Gasteiger partial charge in [-0.25, -0.2) is 4.39 Å². The van der Waals surface area contributed by atoms with Crippen molar-refractivity contribution in [2.24, 2.45) is 0 Å². The van der Waals surface area contributed by atoms with E-state index in [1.165, 1.54) is 12.1 Å². The molecule has 0 radical (unpaired) electrons. The molecule has 186 valence electrons. The zero-order chi connectivity index (χ0) is 25.1. The Bertz CT molecular complexity index is 1370. The van der Waals surface area contributed by atoms with Crippen molar-refractivity contribution in [3.63, 3.8) is 0 Å². The van der Waals surface area contributed by atoms with E-state index in [1.807, 2.05) is 36.4 Å². The van der Waals surface area contributed by atoms with Crippen molar-refractivity contribution >= 4 is 33.6 Å². The number of aromatic nitrogens is 1. The number of carbonyl (C=O) groups is 2. The van der Waals surface area contributed by atoms with Crippen molar-refractivity contribution in [3.05, 3.63) is 83.7 Å². The van der Waals surface area contributed by atoms with Crippen LogP contribution >= 0.6 is 0 Å². The van der Waals surface area contributed by atoms with Crippen molar-refractivity contribution in [2.45, 2.75) is 37.8 Å². The first-order chi connectivity index (χ1) is 17.5. The van der Waals surface area contributed by atoms with Crippen LogP contribution in [-0.4, -0.2) is 47.9 Å². The van der Waals surface area contributed by atoms with Crippen molar-refractivity contribution in [2.75, 3.05) is 20.1 Å². The van der Waals surface area contributed by atoms with Gasteiger partial charge in [0.1, 0.15) is 5.82 Å². The SMILES string of the molecule is CN1CCC(NC(=O)CC(C(=O)NCc2ccc(F)cc2)c2ccc3c(c2)[nH]c2ccccc23)CC1. The van der Waals surface area contributed by atoms with Gasteiger partial charge >= 0.3 is 0 Å². The smallest absolute Gasteiger partial charge is 0.228 e. The lowest BCUT2D eigenvalue weighted by atomic mass is 9.92. The summed E-state index contributed by atoms with van der Waals surface area (Å²) < 4.78 is 13.3. The summed E-state index contributed by atoms with van der Waals surface area (Å²) in [4.78, 5) is 32.1. The number of rotatable bonds is 7. The number of aromatic amines is 1. The van der Waals surface area contributed by atoms with Crippen LogP contribution in [0.15, 0.2) is 66.7 Å². The molecule has 0 spiro atoms. The minimum absolute atomic E-state index is 0.0628. The third-order valence-corrected chi connectivity index (χ3v) is 7.10. The number of para-hydroxylation sites is 1. The molecular formula is C29H31FN4O2. The highest BCUT2D eigenvalue weighted by Crippen LogP contribution is 2.29. The van der Waals surface area contributed by atoms with E-state index >= 15 is 0 Å². The number of hydrogen-bond acceptors (Lipinski definition) is 3. The predicted octanol–water partition coefficient (Wildman–Crippen LogP) is 4.46. The lowest BCUT2D eigenvalue weighted by molar-refractivity contribution is -0.128. The highest BCUT2D eigenvalue weighted by Gasteiger charge is 2.26. The number of likely N-dealkylation sites (tertiary alicyclic amines) is 1. The van der Waals surface area contributed by atoms with Crippen molar-refractivity contribution in [1.29, 1.82) is 0 Å². The predicted molar refractivity (Wildman–Crippen MR) is 140 cm³/mol. The summed E-state index contributed by atoms with van der Waals surface area (Å²) in [5.74, 6) is -1.32. The zero-order valence-electron chi connectivity index (χ0n) is 20.4. The summed E-state index contributed by atoms with van der Waals surface area (Å²) in [7, 11) is 2.08. The number of carbonyl (C=O) groups excluding carboxylic acids is 2. The van der Waals surface area contributed by atoms with Gasteiger partial charge in [0.15, 0.2) is 0 Å². The fourth-order valence-electron chi connectivity index (χ4n) is 4.99. The third-order valence-electron chi connectivity index (χ3n) is 7.10. The Labute approximate surface area is 209 Å². The summed E-state index contributed by atoms with van der Waals surface area (Å²) in [6, 6.07) is 20.2. The first kappa shape index (κ1) is 24.0. The zero-order valence-corrected chi connectivity index (χ0v) is 20.4. The summed E-state index contributed by atoms with van der Waals surface area (Å²) in [5.41, 5.74) is 3.54. The summed E-state index contributed by atoms with van der Waals surface area (Å²) in [6.07, 6.45) is 1.88. The molecule has 1 aliphatic heterocycles. The van der Waals surface area contributed by atoms with Gasteiger partial charge in [0.05, 0.1) is 5.92 Å². The molecule has 0 bridgehead atoms. The highest BCUT2D eigenvalue weighted by atomic mass is 19.1. The molecule has 1 aromatic heterocycles. The Hall–Kier alpha value is -3.71. The molecule has 0 aliphatic carbocycles. The number of H-pyrrole nitrogens is 1. The molecule has 0 saturated carbocycles. The van der Waals surface area contributed by atoms with Crippen LogP contribution in [0.1, 0.15) is 36.3 Å². The lowest BCUT2D eigenvalue weighted by Crippen LogP contribution is -2.44. The monoisotopic (exact) mass is 486 g/mol. The Morgan fingerprint density at radius 1 is 1.00 bits per heavy atom. The molecule has 3 aromatic carbocycles. The highest BCUT2D eigenvalue weighted by molar-refractivity contribution is 6.07. The summed E-state index contributed by atoms with van der Waals surface area (Å²) in [6.45, 7) is 2.16. The number of halogens is 1. The molecule has 3 N–H and O–H groups in total. The summed E-state index contributed by atoms with van der Waals surface area (Å²) >= 11 is 0. The number of nitrogens with one attached hydrogen (secondary N) is 3. The number of nitrogens with zero attached hydrogens (tertiary/aromatic N) is 1. The van der Waals surface area contributed by atoms with Crippen LogP contribution in [0.4, 0.5) is 4.39 Å². The maximum absolute atomic E-state index is 13.4. The maximum atomic E-state index is 13.4. The summed E-state index contributed by atoms with van der Waals surface area (Å²) in [5, 5.41) is 8.29. The van der Waals surface area contributed by atoms with Gasteiger partial charge in [-0.3, -0.25) is 9.59 Å². The van der Waals surface area contributed by atoms with Crippen LogP contribution in [0.25, 0.3) is 21.8 Å².